The van der Waals surface area contributed by atoms with Crippen molar-refractivity contribution in [3.05, 3.63) is 58.9 Å². The van der Waals surface area contributed by atoms with Gasteiger partial charge in [-0.05, 0) is 55.3 Å². The largest absolute Gasteiger partial charge is 0.339 e. The molecule has 1 fully saturated rings. The number of hydrogen-bond acceptors (Lipinski definition) is 2. The van der Waals surface area contributed by atoms with Gasteiger partial charge in [-0.2, -0.15) is 0 Å². The van der Waals surface area contributed by atoms with E-state index < -0.39 is 11.8 Å². The molecule has 0 bridgehead atoms. The second-order valence-electron chi connectivity index (χ2n) is 5.78. The summed E-state index contributed by atoms with van der Waals surface area (Å²) < 4.78 is 13.1. The van der Waals surface area contributed by atoms with Crippen LogP contribution in [-0.2, 0) is 0 Å². The molecule has 130 valence electrons. The number of benzene rings is 2. The third-order valence-corrected chi connectivity index (χ3v) is 4.25. The van der Waals surface area contributed by atoms with Crippen LogP contribution >= 0.6 is 11.6 Å². The average Bonchev–Trinajstić information content (AvgIpc) is 3.13. The van der Waals surface area contributed by atoms with E-state index >= 15 is 0 Å². The van der Waals surface area contributed by atoms with Crippen molar-refractivity contribution in [2.45, 2.75) is 12.8 Å². The molecule has 5 nitrogen and oxygen atoms in total. The van der Waals surface area contributed by atoms with E-state index in [4.69, 9.17) is 11.6 Å². The van der Waals surface area contributed by atoms with Gasteiger partial charge >= 0.3 is 6.03 Å². The van der Waals surface area contributed by atoms with Gasteiger partial charge in [0.05, 0.1) is 5.02 Å². The third-order valence-electron chi connectivity index (χ3n) is 3.96. The molecule has 0 aliphatic carbocycles. The molecule has 3 rings (SSSR count). The van der Waals surface area contributed by atoms with Gasteiger partial charge < -0.3 is 15.5 Å². The zero-order chi connectivity index (χ0) is 17.8. The average molecular weight is 362 g/mol. The first-order valence-corrected chi connectivity index (χ1v) is 8.33. The summed E-state index contributed by atoms with van der Waals surface area (Å²) in [7, 11) is 0. The molecule has 0 saturated carbocycles. The molecule has 2 aromatic carbocycles. The molecule has 1 saturated heterocycles. The van der Waals surface area contributed by atoms with Gasteiger partial charge in [-0.1, -0.05) is 11.6 Å². The lowest BCUT2D eigenvalue weighted by molar-refractivity contribution is 0.0793. The van der Waals surface area contributed by atoms with Crippen molar-refractivity contribution < 1.29 is 14.0 Å². The van der Waals surface area contributed by atoms with Crippen LogP contribution in [0.4, 0.5) is 20.6 Å². The second-order valence-corrected chi connectivity index (χ2v) is 6.19. The van der Waals surface area contributed by atoms with Crippen LogP contribution in [0.1, 0.15) is 23.2 Å². The highest BCUT2D eigenvalue weighted by atomic mass is 35.5. The molecule has 2 N–H and O–H groups in total. The minimum atomic E-state index is -0.550. The van der Waals surface area contributed by atoms with E-state index in [0.29, 0.717) is 16.9 Å². The van der Waals surface area contributed by atoms with Crippen LogP contribution in [0.15, 0.2) is 42.5 Å². The number of halogens is 2. The van der Waals surface area contributed by atoms with Gasteiger partial charge in [0.25, 0.3) is 5.91 Å². The molecule has 2 aromatic rings. The smallest absolute Gasteiger partial charge is 0.323 e. The van der Waals surface area contributed by atoms with Gasteiger partial charge in [-0.3, -0.25) is 4.79 Å². The van der Waals surface area contributed by atoms with Crippen LogP contribution in [0.25, 0.3) is 0 Å². The number of carbonyl (C=O) groups excluding carboxylic acids is 2. The van der Waals surface area contributed by atoms with E-state index in [1.165, 1.54) is 18.2 Å². The Morgan fingerprint density at radius 3 is 2.20 bits per heavy atom. The van der Waals surface area contributed by atoms with Gasteiger partial charge in [-0.25, -0.2) is 9.18 Å². The van der Waals surface area contributed by atoms with Crippen molar-refractivity contribution >= 4 is 34.9 Å². The zero-order valence-corrected chi connectivity index (χ0v) is 14.1. The molecule has 0 aromatic heterocycles. The Morgan fingerprint density at radius 2 is 1.56 bits per heavy atom. The molecule has 0 atom stereocenters. The van der Waals surface area contributed by atoms with E-state index in [1.807, 2.05) is 4.90 Å². The van der Waals surface area contributed by atoms with Gasteiger partial charge in [0.1, 0.15) is 5.82 Å². The van der Waals surface area contributed by atoms with Gasteiger partial charge in [0.2, 0.25) is 0 Å². The Balaban J connectivity index is 1.59. The molecule has 1 aliphatic rings. The zero-order valence-electron chi connectivity index (χ0n) is 13.4. The molecule has 1 aliphatic heterocycles. The number of urea groups is 1. The van der Waals surface area contributed by atoms with Crippen molar-refractivity contribution in [1.82, 2.24) is 4.90 Å². The van der Waals surface area contributed by atoms with E-state index in [-0.39, 0.29) is 10.9 Å². The molecule has 0 unspecified atom stereocenters. The van der Waals surface area contributed by atoms with E-state index in [9.17, 15) is 14.0 Å². The number of hydrogen-bond donors (Lipinski definition) is 2. The van der Waals surface area contributed by atoms with Crippen molar-refractivity contribution in [2.75, 3.05) is 23.7 Å². The lowest BCUT2D eigenvalue weighted by Crippen LogP contribution is -2.27. The molecule has 25 heavy (non-hydrogen) atoms. The van der Waals surface area contributed by atoms with Crippen LogP contribution in [0.3, 0.4) is 0 Å². The van der Waals surface area contributed by atoms with Crippen molar-refractivity contribution in [1.29, 1.82) is 0 Å². The Hall–Kier alpha value is -2.60. The molecular weight excluding hydrogens is 345 g/mol. The quantitative estimate of drug-likeness (QED) is 0.853. The first kappa shape index (κ1) is 17.2. The maximum absolute atomic E-state index is 13.1. The van der Waals surface area contributed by atoms with Gasteiger partial charge in [0.15, 0.2) is 0 Å². The summed E-state index contributed by atoms with van der Waals surface area (Å²) in [6.45, 7) is 1.59. The highest BCUT2D eigenvalue weighted by Gasteiger charge is 2.19. The maximum atomic E-state index is 13.1. The lowest BCUT2D eigenvalue weighted by atomic mass is 10.2. The predicted octanol–water partition coefficient (Wildman–Crippen LogP) is 4.36. The van der Waals surface area contributed by atoms with E-state index in [1.54, 1.807) is 24.3 Å². The maximum Gasteiger partial charge on any atom is 0.323 e. The fourth-order valence-electron chi connectivity index (χ4n) is 2.67. The normalized spacial score (nSPS) is 13.6. The van der Waals surface area contributed by atoms with Crippen LogP contribution < -0.4 is 10.6 Å². The van der Waals surface area contributed by atoms with Crippen molar-refractivity contribution in [3.8, 4) is 0 Å². The van der Waals surface area contributed by atoms with Crippen LogP contribution in [0.2, 0.25) is 5.02 Å². The SMILES string of the molecule is O=C(Nc1ccc(C(=O)N2CCCC2)cc1)Nc1ccc(F)c(Cl)c1. The third kappa shape index (κ3) is 4.28. The predicted molar refractivity (Wildman–Crippen MR) is 95.6 cm³/mol. The summed E-state index contributed by atoms with van der Waals surface area (Å²) in [4.78, 5) is 26.1. The number of rotatable bonds is 3. The van der Waals surface area contributed by atoms with Crippen LogP contribution in [-0.4, -0.2) is 29.9 Å². The van der Waals surface area contributed by atoms with Crippen LogP contribution in [0, 0.1) is 5.82 Å². The summed E-state index contributed by atoms with van der Waals surface area (Å²) >= 11 is 5.68. The number of amides is 3. The van der Waals surface area contributed by atoms with Crippen molar-refractivity contribution in [2.24, 2.45) is 0 Å². The Morgan fingerprint density at radius 1 is 0.960 bits per heavy atom. The lowest BCUT2D eigenvalue weighted by Gasteiger charge is -2.15. The molecular formula is C18H17ClFN3O2. The number of anilines is 2. The fourth-order valence-corrected chi connectivity index (χ4v) is 2.85. The highest BCUT2D eigenvalue weighted by Crippen LogP contribution is 2.20. The fraction of sp³-hybridized carbons (Fsp3) is 0.222. The number of likely N-dealkylation sites (tertiary alicyclic amines) is 1. The minimum Gasteiger partial charge on any atom is -0.339 e. The summed E-state index contributed by atoms with van der Waals surface area (Å²) in [6.07, 6.45) is 2.08. The molecule has 7 heteroatoms. The van der Waals surface area contributed by atoms with Gasteiger partial charge in [-0.15, -0.1) is 0 Å². The van der Waals surface area contributed by atoms with Crippen molar-refractivity contribution in [3.63, 3.8) is 0 Å². The Labute approximate surface area is 149 Å². The van der Waals surface area contributed by atoms with Crippen LogP contribution in [0.5, 0.6) is 0 Å². The first-order valence-electron chi connectivity index (χ1n) is 7.95. The Bertz CT molecular complexity index is 789. The molecule has 0 spiro atoms. The number of nitrogens with zero attached hydrogens (tertiary/aromatic N) is 1. The number of carbonyl (C=O) groups is 2. The second kappa shape index (κ2) is 7.53. The summed E-state index contributed by atoms with van der Waals surface area (Å²) in [6, 6.07) is 10.1. The number of nitrogens with one attached hydrogen (secondary N) is 2. The highest BCUT2D eigenvalue weighted by molar-refractivity contribution is 6.31. The summed E-state index contributed by atoms with van der Waals surface area (Å²) in [5.74, 6) is -0.541. The Kier molecular flexibility index (Phi) is 5.19. The molecule has 3 amide bonds. The summed E-state index contributed by atoms with van der Waals surface area (Å²) in [5.41, 5.74) is 1.52. The summed E-state index contributed by atoms with van der Waals surface area (Å²) in [5, 5.41) is 5.15. The topological polar surface area (TPSA) is 61.4 Å². The molecule has 1 heterocycles. The van der Waals surface area contributed by atoms with E-state index in [0.717, 1.165) is 25.9 Å². The monoisotopic (exact) mass is 361 g/mol. The van der Waals surface area contributed by atoms with Gasteiger partial charge in [0, 0.05) is 30.0 Å². The first-order chi connectivity index (χ1) is 12.0. The minimum absolute atomic E-state index is 0.00876. The van der Waals surface area contributed by atoms with E-state index in [2.05, 4.69) is 10.6 Å². The molecule has 0 radical (unpaired) electrons. The standard InChI is InChI=1S/C18H17ClFN3O2/c19-15-11-14(7-8-16(15)20)22-18(25)21-13-5-3-12(4-6-13)17(24)23-9-1-2-10-23/h3-8,11H,1-2,9-10H2,(H2,21,22,25).